The van der Waals surface area contributed by atoms with E-state index in [0.29, 0.717) is 12.0 Å². The number of nitrogens with two attached hydrogens (primary N) is 1. The van der Waals surface area contributed by atoms with Gasteiger partial charge in [-0.2, -0.15) is 0 Å². The number of carboxylic acids is 1. The third kappa shape index (κ3) is 2.92. The average Bonchev–Trinajstić information content (AvgIpc) is 2.19. The summed E-state index contributed by atoms with van der Waals surface area (Å²) < 4.78 is 0. The van der Waals surface area contributed by atoms with Crippen LogP contribution in [0.15, 0.2) is 0 Å². The molecule has 1 fully saturated rings. The van der Waals surface area contributed by atoms with Crippen molar-refractivity contribution in [1.82, 2.24) is 4.90 Å². The van der Waals surface area contributed by atoms with Crippen molar-refractivity contribution in [1.29, 1.82) is 0 Å². The molecule has 0 radical (unpaired) electrons. The fourth-order valence-corrected chi connectivity index (χ4v) is 2.30. The first-order valence-corrected chi connectivity index (χ1v) is 5.67. The van der Waals surface area contributed by atoms with Crippen LogP contribution in [0.5, 0.6) is 0 Å². The second kappa shape index (κ2) is 4.94. The first-order valence-electron chi connectivity index (χ1n) is 5.67. The molecule has 0 aromatic rings. The van der Waals surface area contributed by atoms with Gasteiger partial charge in [-0.25, -0.2) is 0 Å². The largest absolute Gasteiger partial charge is 0.480 e. The lowest BCUT2D eigenvalue weighted by Crippen LogP contribution is -2.55. The molecule has 1 heterocycles. The standard InChI is InChI=1S/C11H22N2O2/c1-7-4-5-8(2)13(6-7)9(3)10(12)11(14)15/h7-10H,4-6,12H2,1-3H3,(H,14,15). The number of likely N-dealkylation sites (tertiary alicyclic amines) is 1. The van der Waals surface area contributed by atoms with Crippen molar-refractivity contribution in [3.05, 3.63) is 0 Å². The second-order valence-corrected chi connectivity index (χ2v) is 4.83. The van der Waals surface area contributed by atoms with Gasteiger partial charge in [0.05, 0.1) is 0 Å². The quantitative estimate of drug-likeness (QED) is 0.732. The molecule has 15 heavy (non-hydrogen) atoms. The summed E-state index contributed by atoms with van der Waals surface area (Å²) in [4.78, 5) is 13.0. The Labute approximate surface area is 91.4 Å². The number of piperidine rings is 1. The normalized spacial score (nSPS) is 32.3. The number of rotatable bonds is 3. The van der Waals surface area contributed by atoms with Gasteiger partial charge in [0, 0.05) is 18.6 Å². The molecular formula is C11H22N2O2. The lowest BCUT2D eigenvalue weighted by molar-refractivity contribution is -0.140. The van der Waals surface area contributed by atoms with Crippen LogP contribution in [0.4, 0.5) is 0 Å². The molecule has 0 aromatic carbocycles. The van der Waals surface area contributed by atoms with Gasteiger partial charge in [-0.05, 0) is 32.6 Å². The van der Waals surface area contributed by atoms with E-state index in [1.165, 1.54) is 6.42 Å². The first kappa shape index (κ1) is 12.5. The highest BCUT2D eigenvalue weighted by atomic mass is 16.4. The molecule has 0 spiro atoms. The Morgan fingerprint density at radius 1 is 1.47 bits per heavy atom. The molecule has 4 nitrogen and oxygen atoms in total. The summed E-state index contributed by atoms with van der Waals surface area (Å²) in [5.41, 5.74) is 5.66. The Bertz CT molecular complexity index is 233. The van der Waals surface area contributed by atoms with E-state index in [1.54, 1.807) is 0 Å². The highest BCUT2D eigenvalue weighted by Crippen LogP contribution is 2.24. The van der Waals surface area contributed by atoms with Crippen LogP contribution in [-0.2, 0) is 4.79 Å². The average molecular weight is 214 g/mol. The molecule has 4 unspecified atom stereocenters. The SMILES string of the molecule is CC1CCC(C)N(C(C)C(N)C(=O)O)C1. The second-order valence-electron chi connectivity index (χ2n) is 4.83. The zero-order valence-corrected chi connectivity index (χ0v) is 9.81. The van der Waals surface area contributed by atoms with Crippen LogP contribution in [-0.4, -0.2) is 40.6 Å². The third-order valence-corrected chi connectivity index (χ3v) is 3.49. The molecular weight excluding hydrogens is 192 g/mol. The number of nitrogens with zero attached hydrogens (tertiary/aromatic N) is 1. The molecule has 0 amide bonds. The lowest BCUT2D eigenvalue weighted by atomic mass is 9.92. The molecule has 3 N–H and O–H groups in total. The summed E-state index contributed by atoms with van der Waals surface area (Å²) >= 11 is 0. The number of aliphatic carboxylic acids is 1. The zero-order valence-electron chi connectivity index (χ0n) is 9.81. The van der Waals surface area contributed by atoms with Gasteiger partial charge < -0.3 is 10.8 Å². The molecule has 0 aliphatic carbocycles. The summed E-state index contributed by atoms with van der Waals surface area (Å²) in [5.74, 6) is -0.266. The Balaban J connectivity index is 2.63. The summed E-state index contributed by atoms with van der Waals surface area (Å²) in [6.45, 7) is 7.23. The van der Waals surface area contributed by atoms with Gasteiger partial charge in [0.1, 0.15) is 6.04 Å². The predicted octanol–water partition coefficient (Wildman–Crippen LogP) is 0.907. The molecule has 1 aliphatic heterocycles. The zero-order chi connectivity index (χ0) is 11.6. The van der Waals surface area contributed by atoms with Crippen molar-refractivity contribution in [2.24, 2.45) is 11.7 Å². The Morgan fingerprint density at radius 3 is 2.60 bits per heavy atom. The van der Waals surface area contributed by atoms with E-state index in [-0.39, 0.29) is 6.04 Å². The summed E-state index contributed by atoms with van der Waals surface area (Å²) in [5, 5.41) is 8.88. The molecule has 0 aromatic heterocycles. The fraction of sp³-hybridized carbons (Fsp3) is 0.909. The highest BCUT2D eigenvalue weighted by molar-refractivity contribution is 5.74. The molecule has 1 rings (SSSR count). The minimum atomic E-state index is -0.909. The van der Waals surface area contributed by atoms with E-state index in [9.17, 15) is 4.79 Å². The summed E-state index contributed by atoms with van der Waals surface area (Å²) in [6.07, 6.45) is 2.37. The Morgan fingerprint density at radius 2 is 2.07 bits per heavy atom. The maximum absolute atomic E-state index is 10.8. The fourth-order valence-electron chi connectivity index (χ4n) is 2.30. The highest BCUT2D eigenvalue weighted by Gasteiger charge is 2.32. The van der Waals surface area contributed by atoms with Crippen molar-refractivity contribution in [2.75, 3.05) is 6.54 Å². The van der Waals surface area contributed by atoms with E-state index in [4.69, 9.17) is 10.8 Å². The number of hydrogen-bond acceptors (Lipinski definition) is 3. The monoisotopic (exact) mass is 214 g/mol. The van der Waals surface area contributed by atoms with Gasteiger partial charge in [0.25, 0.3) is 0 Å². The van der Waals surface area contributed by atoms with Gasteiger partial charge >= 0.3 is 5.97 Å². The molecule has 4 atom stereocenters. The van der Waals surface area contributed by atoms with Crippen LogP contribution in [0.1, 0.15) is 33.6 Å². The van der Waals surface area contributed by atoms with Crippen molar-refractivity contribution < 1.29 is 9.90 Å². The van der Waals surface area contributed by atoms with Gasteiger partial charge in [-0.15, -0.1) is 0 Å². The van der Waals surface area contributed by atoms with Gasteiger partial charge in [-0.3, -0.25) is 9.69 Å². The van der Waals surface area contributed by atoms with E-state index < -0.39 is 12.0 Å². The number of hydrogen-bond donors (Lipinski definition) is 2. The van der Waals surface area contributed by atoms with Crippen LogP contribution in [0, 0.1) is 5.92 Å². The summed E-state index contributed by atoms with van der Waals surface area (Å²) in [7, 11) is 0. The molecule has 4 heteroatoms. The number of carbonyl (C=O) groups is 1. The van der Waals surface area contributed by atoms with Crippen molar-refractivity contribution in [3.8, 4) is 0 Å². The summed E-state index contributed by atoms with van der Waals surface area (Å²) in [6, 6.07) is -0.417. The van der Waals surface area contributed by atoms with Crippen molar-refractivity contribution in [2.45, 2.75) is 51.7 Å². The van der Waals surface area contributed by atoms with E-state index in [2.05, 4.69) is 18.7 Å². The Hall–Kier alpha value is -0.610. The predicted molar refractivity (Wildman–Crippen MR) is 59.6 cm³/mol. The van der Waals surface area contributed by atoms with Crippen molar-refractivity contribution in [3.63, 3.8) is 0 Å². The Kier molecular flexibility index (Phi) is 4.11. The molecule has 0 saturated carbocycles. The molecule has 1 aliphatic rings. The van der Waals surface area contributed by atoms with Gasteiger partial charge in [0.2, 0.25) is 0 Å². The van der Waals surface area contributed by atoms with E-state index in [1.807, 2.05) is 6.92 Å². The van der Waals surface area contributed by atoms with Crippen LogP contribution in [0.3, 0.4) is 0 Å². The molecule has 88 valence electrons. The minimum absolute atomic E-state index is 0.0831. The molecule has 0 bridgehead atoms. The topological polar surface area (TPSA) is 66.6 Å². The van der Waals surface area contributed by atoms with Crippen molar-refractivity contribution >= 4 is 5.97 Å². The van der Waals surface area contributed by atoms with Crippen LogP contribution >= 0.6 is 0 Å². The lowest BCUT2D eigenvalue weighted by Gasteiger charge is -2.41. The minimum Gasteiger partial charge on any atom is -0.480 e. The van der Waals surface area contributed by atoms with Gasteiger partial charge in [0.15, 0.2) is 0 Å². The van der Waals surface area contributed by atoms with E-state index in [0.717, 1.165) is 13.0 Å². The van der Waals surface area contributed by atoms with Crippen LogP contribution in [0.25, 0.3) is 0 Å². The van der Waals surface area contributed by atoms with Crippen LogP contribution in [0.2, 0.25) is 0 Å². The number of carboxylic acid groups (broad SMARTS) is 1. The molecule has 1 saturated heterocycles. The smallest absolute Gasteiger partial charge is 0.322 e. The van der Waals surface area contributed by atoms with Gasteiger partial charge in [-0.1, -0.05) is 6.92 Å². The van der Waals surface area contributed by atoms with E-state index >= 15 is 0 Å². The first-order chi connectivity index (χ1) is 6.93. The maximum atomic E-state index is 10.8. The third-order valence-electron chi connectivity index (χ3n) is 3.49. The van der Waals surface area contributed by atoms with Crippen LogP contribution < -0.4 is 5.73 Å². The maximum Gasteiger partial charge on any atom is 0.322 e.